The topological polar surface area (TPSA) is 49.8 Å². The molecule has 0 aliphatic heterocycles. The summed E-state index contributed by atoms with van der Waals surface area (Å²) in [5.74, 6) is 1.03. The lowest BCUT2D eigenvalue weighted by molar-refractivity contribution is 0.628. The van der Waals surface area contributed by atoms with E-state index in [2.05, 4.69) is 20.6 Å². The molecule has 0 aliphatic rings. The Balaban J connectivity index is 2.20. The second-order valence-electron chi connectivity index (χ2n) is 3.17. The van der Waals surface area contributed by atoms with Crippen molar-refractivity contribution in [3.8, 4) is 0 Å². The van der Waals surface area contributed by atoms with Gasteiger partial charge in [-0.25, -0.2) is 14.4 Å². The molecule has 0 aliphatic carbocycles. The average Bonchev–Trinajstić information content (AvgIpc) is 2.29. The first-order chi connectivity index (χ1) is 7.78. The summed E-state index contributed by atoms with van der Waals surface area (Å²) < 4.78 is 12.9. The Hall–Kier alpha value is -2.17. The standard InChI is InChI=1S/C11H11FN4/c1-13-10-6-11(15-7-14-10)16-9-4-2-3-8(12)5-9/h2-7H,1H3,(H2,13,14,15,16). The second-order valence-corrected chi connectivity index (χ2v) is 3.17. The highest BCUT2D eigenvalue weighted by atomic mass is 19.1. The van der Waals surface area contributed by atoms with Gasteiger partial charge in [0, 0.05) is 18.8 Å². The Kier molecular flexibility index (Phi) is 2.95. The fourth-order valence-corrected chi connectivity index (χ4v) is 1.28. The van der Waals surface area contributed by atoms with Crippen LogP contribution in [0, 0.1) is 5.82 Å². The molecule has 4 nitrogen and oxygen atoms in total. The average molecular weight is 218 g/mol. The molecule has 0 saturated heterocycles. The van der Waals surface area contributed by atoms with Gasteiger partial charge in [-0.1, -0.05) is 6.07 Å². The van der Waals surface area contributed by atoms with Crippen molar-refractivity contribution in [2.75, 3.05) is 17.7 Å². The summed E-state index contributed by atoms with van der Waals surface area (Å²) in [6, 6.07) is 7.94. The van der Waals surface area contributed by atoms with Crippen molar-refractivity contribution < 1.29 is 4.39 Å². The SMILES string of the molecule is CNc1cc(Nc2cccc(F)c2)ncn1. The van der Waals surface area contributed by atoms with E-state index < -0.39 is 0 Å². The third kappa shape index (κ3) is 2.44. The van der Waals surface area contributed by atoms with Gasteiger partial charge in [-0.2, -0.15) is 0 Å². The van der Waals surface area contributed by atoms with E-state index >= 15 is 0 Å². The molecule has 2 N–H and O–H groups in total. The molecular weight excluding hydrogens is 207 g/mol. The van der Waals surface area contributed by atoms with E-state index in [9.17, 15) is 4.39 Å². The lowest BCUT2D eigenvalue weighted by Gasteiger charge is -2.06. The highest BCUT2D eigenvalue weighted by Crippen LogP contribution is 2.16. The molecule has 1 aromatic heterocycles. The summed E-state index contributed by atoms with van der Waals surface area (Å²) >= 11 is 0. The molecule has 0 amide bonds. The van der Waals surface area contributed by atoms with Crippen molar-refractivity contribution in [1.82, 2.24) is 9.97 Å². The van der Waals surface area contributed by atoms with Gasteiger partial charge in [0.2, 0.25) is 0 Å². The van der Waals surface area contributed by atoms with Gasteiger partial charge in [0.25, 0.3) is 0 Å². The molecule has 0 fully saturated rings. The number of hydrogen-bond donors (Lipinski definition) is 2. The summed E-state index contributed by atoms with van der Waals surface area (Å²) in [6.07, 6.45) is 1.44. The highest BCUT2D eigenvalue weighted by molar-refractivity contribution is 5.58. The van der Waals surface area contributed by atoms with Crippen LogP contribution in [0.5, 0.6) is 0 Å². The first kappa shape index (κ1) is 10.4. The smallest absolute Gasteiger partial charge is 0.135 e. The van der Waals surface area contributed by atoms with Crippen LogP contribution in [0.15, 0.2) is 36.7 Å². The lowest BCUT2D eigenvalue weighted by Crippen LogP contribution is -1.98. The third-order valence-electron chi connectivity index (χ3n) is 2.02. The molecular formula is C11H11FN4. The predicted octanol–water partition coefficient (Wildman–Crippen LogP) is 2.40. The van der Waals surface area contributed by atoms with Crippen molar-refractivity contribution in [3.63, 3.8) is 0 Å². The highest BCUT2D eigenvalue weighted by Gasteiger charge is 1.99. The number of nitrogens with one attached hydrogen (secondary N) is 2. The number of nitrogens with zero attached hydrogens (tertiary/aromatic N) is 2. The predicted molar refractivity (Wildman–Crippen MR) is 61.3 cm³/mol. The van der Waals surface area contributed by atoms with Crippen molar-refractivity contribution >= 4 is 17.3 Å². The zero-order valence-corrected chi connectivity index (χ0v) is 8.74. The van der Waals surface area contributed by atoms with Crippen molar-refractivity contribution in [3.05, 3.63) is 42.5 Å². The Morgan fingerprint density at radius 2 is 1.94 bits per heavy atom. The Morgan fingerprint density at radius 1 is 1.12 bits per heavy atom. The molecule has 2 rings (SSSR count). The summed E-state index contributed by atoms with van der Waals surface area (Å²) in [6.45, 7) is 0. The largest absolute Gasteiger partial charge is 0.373 e. The first-order valence-electron chi connectivity index (χ1n) is 4.80. The van der Waals surface area contributed by atoms with Crippen LogP contribution >= 0.6 is 0 Å². The summed E-state index contributed by atoms with van der Waals surface area (Å²) in [7, 11) is 1.77. The first-order valence-corrected chi connectivity index (χ1v) is 4.80. The molecule has 1 heterocycles. The minimum absolute atomic E-state index is 0.284. The van der Waals surface area contributed by atoms with Crippen LogP contribution in [0.3, 0.4) is 0 Å². The summed E-state index contributed by atoms with van der Waals surface area (Å²) in [4.78, 5) is 8.01. The number of halogens is 1. The van der Waals surface area contributed by atoms with E-state index in [1.807, 2.05) is 0 Å². The zero-order chi connectivity index (χ0) is 11.4. The van der Waals surface area contributed by atoms with Crippen LogP contribution in [0.4, 0.5) is 21.7 Å². The van der Waals surface area contributed by atoms with Crippen LogP contribution in [0.25, 0.3) is 0 Å². The third-order valence-corrected chi connectivity index (χ3v) is 2.02. The molecule has 0 unspecified atom stereocenters. The van der Waals surface area contributed by atoms with Crippen LogP contribution in [-0.2, 0) is 0 Å². The molecule has 16 heavy (non-hydrogen) atoms. The van der Waals surface area contributed by atoms with Gasteiger partial charge in [0.05, 0.1) is 0 Å². The molecule has 2 aromatic rings. The molecule has 0 atom stereocenters. The van der Waals surface area contributed by atoms with Gasteiger partial charge in [0.1, 0.15) is 23.8 Å². The Labute approximate surface area is 92.6 Å². The van der Waals surface area contributed by atoms with Crippen molar-refractivity contribution in [2.45, 2.75) is 0 Å². The molecule has 0 spiro atoms. The number of hydrogen-bond acceptors (Lipinski definition) is 4. The van der Waals surface area contributed by atoms with Crippen LogP contribution in [-0.4, -0.2) is 17.0 Å². The van der Waals surface area contributed by atoms with E-state index in [1.54, 1.807) is 25.2 Å². The number of aromatic nitrogens is 2. The van der Waals surface area contributed by atoms with Crippen molar-refractivity contribution in [2.24, 2.45) is 0 Å². The molecule has 5 heteroatoms. The number of rotatable bonds is 3. The maximum atomic E-state index is 12.9. The molecule has 0 saturated carbocycles. The van der Waals surface area contributed by atoms with E-state index in [4.69, 9.17) is 0 Å². The van der Waals surface area contributed by atoms with Crippen molar-refractivity contribution in [1.29, 1.82) is 0 Å². The van der Waals surface area contributed by atoms with Gasteiger partial charge in [-0.05, 0) is 18.2 Å². The number of benzene rings is 1. The van der Waals surface area contributed by atoms with E-state index in [1.165, 1.54) is 18.5 Å². The van der Waals surface area contributed by atoms with Gasteiger partial charge in [-0.15, -0.1) is 0 Å². The number of anilines is 3. The minimum atomic E-state index is -0.284. The lowest BCUT2D eigenvalue weighted by atomic mass is 10.3. The molecule has 82 valence electrons. The Morgan fingerprint density at radius 3 is 2.69 bits per heavy atom. The quantitative estimate of drug-likeness (QED) is 0.830. The fourth-order valence-electron chi connectivity index (χ4n) is 1.28. The molecule has 0 radical (unpaired) electrons. The fraction of sp³-hybridized carbons (Fsp3) is 0.0909. The van der Waals surface area contributed by atoms with Gasteiger partial charge >= 0.3 is 0 Å². The van der Waals surface area contributed by atoms with Gasteiger partial charge < -0.3 is 10.6 Å². The Bertz CT molecular complexity index is 487. The summed E-state index contributed by atoms with van der Waals surface area (Å²) in [5.41, 5.74) is 0.653. The minimum Gasteiger partial charge on any atom is -0.373 e. The maximum Gasteiger partial charge on any atom is 0.135 e. The maximum absolute atomic E-state index is 12.9. The second kappa shape index (κ2) is 4.57. The van der Waals surface area contributed by atoms with E-state index in [0.717, 1.165) is 0 Å². The van der Waals surface area contributed by atoms with Gasteiger partial charge in [0.15, 0.2) is 0 Å². The normalized spacial score (nSPS) is 9.88. The van der Waals surface area contributed by atoms with Gasteiger partial charge in [-0.3, -0.25) is 0 Å². The zero-order valence-electron chi connectivity index (χ0n) is 8.74. The monoisotopic (exact) mass is 218 g/mol. The molecule has 0 bridgehead atoms. The van der Waals surface area contributed by atoms with Crippen LogP contribution in [0.1, 0.15) is 0 Å². The van der Waals surface area contributed by atoms with Crippen LogP contribution in [0.2, 0.25) is 0 Å². The summed E-state index contributed by atoms with van der Waals surface area (Å²) in [5, 5.41) is 5.89. The van der Waals surface area contributed by atoms with E-state index in [-0.39, 0.29) is 5.82 Å². The van der Waals surface area contributed by atoms with Crippen LogP contribution < -0.4 is 10.6 Å². The molecule has 1 aromatic carbocycles. The van der Waals surface area contributed by atoms with E-state index in [0.29, 0.717) is 17.3 Å².